The Bertz CT molecular complexity index is 610. The Kier molecular flexibility index (Phi) is 5.66. The first-order valence-electron chi connectivity index (χ1n) is 6.52. The number of hydrogen-bond acceptors (Lipinski definition) is 8. The second kappa shape index (κ2) is 7.30. The van der Waals surface area contributed by atoms with Crippen LogP contribution in [0.1, 0.15) is 19.8 Å². The fourth-order valence-electron chi connectivity index (χ4n) is 1.78. The molecule has 1 heterocycles. The molecule has 1 aliphatic carbocycles. The normalized spacial score (nSPS) is 16.5. The zero-order valence-corrected chi connectivity index (χ0v) is 14.3. The van der Waals surface area contributed by atoms with Crippen LogP contribution in [0.15, 0.2) is 8.68 Å². The first kappa shape index (κ1) is 17.1. The second-order valence-electron chi connectivity index (χ2n) is 5.01. The minimum Gasteiger partial charge on any atom is -0.369 e. The van der Waals surface area contributed by atoms with Crippen molar-refractivity contribution in [2.45, 2.75) is 34.0 Å². The second-order valence-corrected chi connectivity index (χ2v) is 8.44. The van der Waals surface area contributed by atoms with Gasteiger partial charge in [-0.1, -0.05) is 34.9 Å². The highest BCUT2D eigenvalue weighted by molar-refractivity contribution is 8.03. The molecule has 1 aromatic rings. The number of amides is 2. The summed E-state index contributed by atoms with van der Waals surface area (Å²) in [5.41, 5.74) is 4.28. The third-order valence-electron chi connectivity index (χ3n) is 3.08. The van der Waals surface area contributed by atoms with Gasteiger partial charge in [0.2, 0.25) is 11.8 Å². The molecule has 1 saturated carbocycles. The van der Waals surface area contributed by atoms with Crippen molar-refractivity contribution in [3.05, 3.63) is 0 Å². The Morgan fingerprint density at radius 2 is 2.00 bits per heavy atom. The van der Waals surface area contributed by atoms with E-state index in [4.69, 9.17) is 5.73 Å². The third-order valence-corrected chi connectivity index (χ3v) is 6.29. The molecule has 118 valence electrons. The Morgan fingerprint density at radius 3 is 2.50 bits per heavy atom. The van der Waals surface area contributed by atoms with Crippen molar-refractivity contribution < 1.29 is 9.59 Å². The van der Waals surface area contributed by atoms with Gasteiger partial charge in [0.15, 0.2) is 8.68 Å². The number of nitrogens with two attached hydrogens (primary N) is 1. The number of thioether (sulfide) groups is 2. The number of nitrogens with one attached hydrogen (secondary N) is 1. The molecule has 1 aromatic heterocycles. The summed E-state index contributed by atoms with van der Waals surface area (Å²) in [5, 5.41) is 19.9. The van der Waals surface area contributed by atoms with E-state index in [2.05, 4.69) is 21.6 Å². The van der Waals surface area contributed by atoms with E-state index in [-0.39, 0.29) is 23.3 Å². The molecule has 0 bridgehead atoms. The van der Waals surface area contributed by atoms with Crippen LogP contribution in [0.25, 0.3) is 0 Å². The average molecular weight is 357 g/mol. The minimum absolute atomic E-state index is 0.154. The van der Waals surface area contributed by atoms with Gasteiger partial charge < -0.3 is 11.1 Å². The quantitative estimate of drug-likeness (QED) is 0.666. The van der Waals surface area contributed by atoms with Crippen molar-refractivity contribution in [1.29, 1.82) is 5.26 Å². The molecule has 1 aliphatic rings. The predicted molar refractivity (Wildman–Crippen MR) is 85.4 cm³/mol. The summed E-state index contributed by atoms with van der Waals surface area (Å²) in [5.74, 6) is -0.0159. The van der Waals surface area contributed by atoms with Crippen molar-refractivity contribution in [1.82, 2.24) is 15.5 Å². The van der Waals surface area contributed by atoms with Gasteiger partial charge in [-0.15, -0.1) is 10.2 Å². The van der Waals surface area contributed by atoms with Gasteiger partial charge in [-0.25, -0.2) is 0 Å². The van der Waals surface area contributed by atoms with Gasteiger partial charge in [-0.2, -0.15) is 5.26 Å². The van der Waals surface area contributed by atoms with E-state index in [0.717, 1.165) is 12.8 Å². The molecule has 1 fully saturated rings. The van der Waals surface area contributed by atoms with E-state index in [1.165, 1.54) is 34.9 Å². The zero-order valence-electron chi connectivity index (χ0n) is 11.9. The SMILES string of the molecule is CC(C#N)(NC(=O)CSc1nnc(SCC(N)=O)s1)C1CC1. The number of primary amides is 1. The lowest BCUT2D eigenvalue weighted by atomic mass is 9.98. The lowest BCUT2D eigenvalue weighted by molar-refractivity contribution is -0.120. The van der Waals surface area contributed by atoms with Gasteiger partial charge in [0.1, 0.15) is 5.54 Å². The number of carbonyl (C=O) groups excluding carboxylic acids is 2. The standard InChI is InChI=1S/C12H15N5O2S3/c1-12(6-13,7-2-3-7)15-9(19)5-21-11-17-16-10(22-11)20-4-8(14)18/h7H,2-5H2,1H3,(H2,14,18)(H,15,19). The number of nitrogens with zero attached hydrogens (tertiary/aromatic N) is 3. The van der Waals surface area contributed by atoms with E-state index in [9.17, 15) is 14.9 Å². The highest BCUT2D eigenvalue weighted by Crippen LogP contribution is 2.39. The summed E-state index contributed by atoms with van der Waals surface area (Å²) in [6.07, 6.45) is 1.96. The van der Waals surface area contributed by atoms with Crippen molar-refractivity contribution in [3.63, 3.8) is 0 Å². The fourth-order valence-corrected chi connectivity index (χ4v) is 4.34. The van der Waals surface area contributed by atoms with Crippen LogP contribution in [-0.4, -0.2) is 39.1 Å². The molecular formula is C12H15N5O2S3. The van der Waals surface area contributed by atoms with Gasteiger partial charge in [0, 0.05) is 0 Å². The molecule has 2 rings (SSSR count). The maximum absolute atomic E-state index is 12.0. The van der Waals surface area contributed by atoms with E-state index >= 15 is 0 Å². The molecule has 7 nitrogen and oxygen atoms in total. The van der Waals surface area contributed by atoms with Gasteiger partial charge in [0.05, 0.1) is 17.6 Å². The fraction of sp³-hybridized carbons (Fsp3) is 0.583. The molecule has 22 heavy (non-hydrogen) atoms. The molecule has 10 heteroatoms. The number of aromatic nitrogens is 2. The third kappa shape index (κ3) is 4.86. The Hall–Kier alpha value is -1.31. The van der Waals surface area contributed by atoms with E-state index < -0.39 is 11.4 Å². The number of nitriles is 1. The number of carbonyl (C=O) groups is 2. The molecule has 0 aliphatic heterocycles. The van der Waals surface area contributed by atoms with E-state index in [1.807, 2.05) is 0 Å². The topological polar surface area (TPSA) is 122 Å². The molecule has 0 spiro atoms. The van der Waals surface area contributed by atoms with Crippen LogP contribution >= 0.6 is 34.9 Å². The molecule has 0 radical (unpaired) electrons. The van der Waals surface area contributed by atoms with Crippen LogP contribution in [0.4, 0.5) is 0 Å². The lowest BCUT2D eigenvalue weighted by Crippen LogP contribution is -2.47. The van der Waals surface area contributed by atoms with Crippen LogP contribution in [0.2, 0.25) is 0 Å². The predicted octanol–water partition coefficient (Wildman–Crippen LogP) is 1.02. The largest absolute Gasteiger partial charge is 0.369 e. The van der Waals surface area contributed by atoms with Crippen molar-refractivity contribution in [2.24, 2.45) is 11.7 Å². The van der Waals surface area contributed by atoms with Crippen molar-refractivity contribution in [2.75, 3.05) is 11.5 Å². The average Bonchev–Trinajstić information content (AvgIpc) is 3.24. The molecule has 1 atom stereocenters. The monoisotopic (exact) mass is 357 g/mol. The smallest absolute Gasteiger partial charge is 0.231 e. The van der Waals surface area contributed by atoms with Crippen LogP contribution in [0.5, 0.6) is 0 Å². The van der Waals surface area contributed by atoms with Crippen LogP contribution in [-0.2, 0) is 9.59 Å². The highest BCUT2D eigenvalue weighted by Gasteiger charge is 2.42. The Labute approximate surface area is 140 Å². The van der Waals surface area contributed by atoms with Crippen LogP contribution < -0.4 is 11.1 Å². The van der Waals surface area contributed by atoms with Gasteiger partial charge in [0.25, 0.3) is 0 Å². The summed E-state index contributed by atoms with van der Waals surface area (Å²) in [6.45, 7) is 1.76. The maximum atomic E-state index is 12.0. The van der Waals surface area contributed by atoms with Gasteiger partial charge >= 0.3 is 0 Å². The van der Waals surface area contributed by atoms with E-state index in [0.29, 0.717) is 8.68 Å². The Balaban J connectivity index is 1.79. The summed E-state index contributed by atoms with van der Waals surface area (Å²) in [6, 6.07) is 2.19. The first-order chi connectivity index (χ1) is 10.4. The van der Waals surface area contributed by atoms with Gasteiger partial charge in [-0.05, 0) is 25.7 Å². The molecule has 0 saturated heterocycles. The number of rotatable bonds is 8. The van der Waals surface area contributed by atoms with Crippen LogP contribution in [0.3, 0.4) is 0 Å². The summed E-state index contributed by atoms with van der Waals surface area (Å²) in [4.78, 5) is 22.6. The Morgan fingerprint density at radius 1 is 1.41 bits per heavy atom. The molecule has 1 unspecified atom stereocenters. The molecule has 3 N–H and O–H groups in total. The zero-order chi connectivity index (χ0) is 16.2. The lowest BCUT2D eigenvalue weighted by Gasteiger charge is -2.22. The minimum atomic E-state index is -0.777. The summed E-state index contributed by atoms with van der Waals surface area (Å²) < 4.78 is 1.29. The molecule has 2 amide bonds. The number of hydrogen-bond donors (Lipinski definition) is 2. The van der Waals surface area contributed by atoms with Crippen molar-refractivity contribution in [3.8, 4) is 6.07 Å². The highest BCUT2D eigenvalue weighted by atomic mass is 32.2. The maximum Gasteiger partial charge on any atom is 0.231 e. The first-order valence-corrected chi connectivity index (χ1v) is 9.31. The van der Waals surface area contributed by atoms with Gasteiger partial charge in [-0.3, -0.25) is 9.59 Å². The van der Waals surface area contributed by atoms with Crippen molar-refractivity contribution >= 4 is 46.7 Å². The van der Waals surface area contributed by atoms with E-state index in [1.54, 1.807) is 6.92 Å². The summed E-state index contributed by atoms with van der Waals surface area (Å²) >= 11 is 3.79. The molecule has 0 aromatic carbocycles. The van der Waals surface area contributed by atoms with Crippen LogP contribution in [0, 0.1) is 17.2 Å². The summed E-state index contributed by atoms with van der Waals surface area (Å²) in [7, 11) is 0. The molecular weight excluding hydrogens is 342 g/mol.